The van der Waals surface area contributed by atoms with Gasteiger partial charge in [0.25, 0.3) is 0 Å². The van der Waals surface area contributed by atoms with Crippen LogP contribution in [0.25, 0.3) is 0 Å². The normalized spacial score (nSPS) is 14.6. The molecule has 2 unspecified atom stereocenters. The van der Waals surface area contributed by atoms with Crippen LogP contribution in [0.3, 0.4) is 0 Å². The van der Waals surface area contributed by atoms with Crippen LogP contribution in [0.4, 0.5) is 0 Å². The predicted molar refractivity (Wildman–Crippen MR) is 45.6 cm³/mol. The van der Waals surface area contributed by atoms with Crippen molar-refractivity contribution in [2.45, 2.75) is 19.1 Å². The largest absolute Gasteiger partial charge is 0.384 e. The summed E-state index contributed by atoms with van der Waals surface area (Å²) >= 11 is 0. The molecule has 2 atom stereocenters. The molecule has 1 aromatic rings. The van der Waals surface area contributed by atoms with Crippen LogP contribution < -0.4 is 0 Å². The van der Waals surface area contributed by atoms with Crippen molar-refractivity contribution in [1.29, 1.82) is 5.26 Å². The van der Waals surface area contributed by atoms with Crippen molar-refractivity contribution in [1.82, 2.24) is 4.98 Å². The van der Waals surface area contributed by atoms with Gasteiger partial charge in [0.05, 0.1) is 6.07 Å². The molecule has 0 aliphatic heterocycles. The van der Waals surface area contributed by atoms with Crippen LogP contribution >= 0.6 is 0 Å². The molecule has 2 N–H and O–H groups in total. The van der Waals surface area contributed by atoms with Crippen LogP contribution in [0.2, 0.25) is 0 Å². The van der Waals surface area contributed by atoms with Crippen molar-refractivity contribution in [3.63, 3.8) is 0 Å². The molecule has 1 aromatic heterocycles. The highest BCUT2D eigenvalue weighted by molar-refractivity contribution is 5.25. The van der Waals surface area contributed by atoms with Crippen LogP contribution in [0, 0.1) is 18.3 Å². The zero-order chi connectivity index (χ0) is 9.84. The lowest BCUT2D eigenvalue weighted by Gasteiger charge is -2.13. The number of aliphatic hydroxyl groups is 2. The number of hydrogen-bond donors (Lipinski definition) is 2. The van der Waals surface area contributed by atoms with Gasteiger partial charge in [0, 0.05) is 18.0 Å². The predicted octanol–water partition coefficient (Wildman–Crippen LogP) is 0.308. The van der Waals surface area contributed by atoms with E-state index in [1.54, 1.807) is 25.3 Å². The van der Waals surface area contributed by atoms with E-state index >= 15 is 0 Å². The Kier molecular flexibility index (Phi) is 2.96. The summed E-state index contributed by atoms with van der Waals surface area (Å²) in [5.74, 6) is 0. The lowest BCUT2D eigenvalue weighted by Crippen LogP contribution is -2.16. The first-order chi connectivity index (χ1) is 6.16. The van der Waals surface area contributed by atoms with E-state index in [0.717, 1.165) is 5.56 Å². The van der Waals surface area contributed by atoms with Crippen molar-refractivity contribution in [2.75, 3.05) is 0 Å². The highest BCUT2D eigenvalue weighted by atomic mass is 16.3. The van der Waals surface area contributed by atoms with Gasteiger partial charge in [-0.05, 0) is 18.6 Å². The molecule has 0 amide bonds. The highest BCUT2D eigenvalue weighted by Crippen LogP contribution is 2.18. The fourth-order valence-corrected chi connectivity index (χ4v) is 1.03. The lowest BCUT2D eigenvalue weighted by molar-refractivity contribution is 0.0521. The molecule has 0 aliphatic carbocycles. The van der Waals surface area contributed by atoms with E-state index in [2.05, 4.69) is 4.98 Å². The number of nitriles is 1. The van der Waals surface area contributed by atoms with E-state index in [9.17, 15) is 5.11 Å². The fraction of sp³-hybridized carbons (Fsp3) is 0.333. The summed E-state index contributed by atoms with van der Waals surface area (Å²) in [6.07, 6.45) is 0.451. The third kappa shape index (κ3) is 2.02. The molecular formula is C9H10N2O2. The van der Waals surface area contributed by atoms with Gasteiger partial charge in [-0.1, -0.05) is 0 Å². The van der Waals surface area contributed by atoms with Gasteiger partial charge in [-0.3, -0.25) is 4.98 Å². The average Bonchev–Trinajstić information content (AvgIpc) is 2.16. The first-order valence-electron chi connectivity index (χ1n) is 3.83. The van der Waals surface area contributed by atoms with E-state index < -0.39 is 12.2 Å². The van der Waals surface area contributed by atoms with Gasteiger partial charge in [-0.15, -0.1) is 0 Å². The summed E-state index contributed by atoms with van der Waals surface area (Å²) < 4.78 is 0. The van der Waals surface area contributed by atoms with Crippen molar-refractivity contribution in [2.24, 2.45) is 0 Å². The van der Waals surface area contributed by atoms with Gasteiger partial charge in [-0.2, -0.15) is 5.26 Å². The van der Waals surface area contributed by atoms with E-state index in [-0.39, 0.29) is 0 Å². The van der Waals surface area contributed by atoms with Gasteiger partial charge >= 0.3 is 0 Å². The third-order valence-electron chi connectivity index (χ3n) is 1.83. The Balaban J connectivity index is 2.96. The van der Waals surface area contributed by atoms with Gasteiger partial charge in [0.2, 0.25) is 0 Å². The molecule has 0 aliphatic rings. The van der Waals surface area contributed by atoms with Gasteiger partial charge < -0.3 is 10.2 Å². The number of hydrogen-bond acceptors (Lipinski definition) is 4. The van der Waals surface area contributed by atoms with Crippen molar-refractivity contribution in [3.05, 3.63) is 29.6 Å². The Hall–Kier alpha value is -1.44. The maximum absolute atomic E-state index is 9.46. The number of pyridine rings is 1. The summed E-state index contributed by atoms with van der Waals surface area (Å²) in [4.78, 5) is 3.80. The quantitative estimate of drug-likeness (QED) is 0.639. The second kappa shape index (κ2) is 3.99. The summed E-state index contributed by atoms with van der Waals surface area (Å²) in [5.41, 5.74) is 1.29. The number of aryl methyl sites for hydroxylation is 1. The zero-order valence-corrected chi connectivity index (χ0v) is 7.18. The minimum Gasteiger partial charge on any atom is -0.384 e. The van der Waals surface area contributed by atoms with Gasteiger partial charge in [0.1, 0.15) is 6.10 Å². The van der Waals surface area contributed by atoms with Crippen LogP contribution in [0.5, 0.6) is 0 Å². The minimum absolute atomic E-state index is 0.483. The molecule has 0 spiro atoms. The Labute approximate surface area is 76.1 Å². The number of rotatable bonds is 2. The molecule has 13 heavy (non-hydrogen) atoms. The Morgan fingerprint density at radius 2 is 2.23 bits per heavy atom. The smallest absolute Gasteiger partial charge is 0.170 e. The molecule has 0 saturated heterocycles. The number of aliphatic hydroxyl groups excluding tert-OH is 2. The standard InChI is InChI=1S/C9H10N2O2/c1-6-2-3-11-5-7(6)9(13)8(12)4-10/h2-3,5,8-9,12-13H,1H3. The molecule has 1 heterocycles. The van der Waals surface area contributed by atoms with Gasteiger partial charge in [-0.25, -0.2) is 0 Å². The molecule has 0 saturated carbocycles. The summed E-state index contributed by atoms with van der Waals surface area (Å²) in [5, 5.41) is 26.9. The number of aromatic nitrogens is 1. The Morgan fingerprint density at radius 3 is 2.77 bits per heavy atom. The molecule has 1 rings (SSSR count). The molecule has 0 bridgehead atoms. The Morgan fingerprint density at radius 1 is 1.54 bits per heavy atom. The molecule has 0 radical (unpaired) electrons. The first-order valence-corrected chi connectivity index (χ1v) is 3.83. The van der Waals surface area contributed by atoms with Gasteiger partial charge in [0.15, 0.2) is 6.10 Å². The second-order valence-corrected chi connectivity index (χ2v) is 2.75. The molecule has 4 nitrogen and oxygen atoms in total. The van der Waals surface area contributed by atoms with Crippen LogP contribution in [-0.2, 0) is 0 Å². The fourth-order valence-electron chi connectivity index (χ4n) is 1.03. The van der Waals surface area contributed by atoms with E-state index in [4.69, 9.17) is 10.4 Å². The van der Waals surface area contributed by atoms with Crippen molar-refractivity contribution in [3.8, 4) is 6.07 Å². The molecule has 68 valence electrons. The average molecular weight is 178 g/mol. The maximum Gasteiger partial charge on any atom is 0.170 e. The maximum atomic E-state index is 9.46. The minimum atomic E-state index is -1.40. The molecule has 0 fully saturated rings. The highest BCUT2D eigenvalue weighted by Gasteiger charge is 2.19. The summed E-state index contributed by atoms with van der Waals surface area (Å²) in [7, 11) is 0. The van der Waals surface area contributed by atoms with E-state index in [1.807, 2.05) is 0 Å². The second-order valence-electron chi connectivity index (χ2n) is 2.75. The van der Waals surface area contributed by atoms with Crippen molar-refractivity contribution < 1.29 is 10.2 Å². The zero-order valence-electron chi connectivity index (χ0n) is 7.18. The summed E-state index contributed by atoms with van der Waals surface area (Å²) in [6.45, 7) is 1.78. The molecule has 4 heteroatoms. The van der Waals surface area contributed by atoms with E-state index in [1.165, 1.54) is 6.20 Å². The molecule has 0 aromatic carbocycles. The van der Waals surface area contributed by atoms with Crippen molar-refractivity contribution >= 4 is 0 Å². The third-order valence-corrected chi connectivity index (χ3v) is 1.83. The first kappa shape index (κ1) is 9.65. The summed E-state index contributed by atoms with van der Waals surface area (Å²) in [6, 6.07) is 3.28. The van der Waals surface area contributed by atoms with E-state index in [0.29, 0.717) is 5.56 Å². The Bertz CT molecular complexity index is 333. The van der Waals surface area contributed by atoms with Crippen LogP contribution in [-0.4, -0.2) is 21.3 Å². The monoisotopic (exact) mass is 178 g/mol. The molecular weight excluding hydrogens is 168 g/mol. The topological polar surface area (TPSA) is 77.1 Å². The van der Waals surface area contributed by atoms with Crippen LogP contribution in [0.15, 0.2) is 18.5 Å². The van der Waals surface area contributed by atoms with Crippen LogP contribution in [0.1, 0.15) is 17.2 Å². The number of nitrogens with zero attached hydrogens (tertiary/aromatic N) is 2. The lowest BCUT2D eigenvalue weighted by atomic mass is 10.0. The SMILES string of the molecule is Cc1ccncc1C(O)C(O)C#N.